The van der Waals surface area contributed by atoms with Gasteiger partial charge in [0.2, 0.25) is 0 Å². The molecule has 1 aliphatic heterocycles. The smallest absolute Gasteiger partial charge is 0.270 e. The first kappa shape index (κ1) is 29.6. The third-order valence-corrected chi connectivity index (χ3v) is 8.10. The molecular weight excluding hydrogens is 535 g/mol. The van der Waals surface area contributed by atoms with Crippen molar-refractivity contribution in [2.45, 2.75) is 64.0 Å². The van der Waals surface area contributed by atoms with Crippen molar-refractivity contribution in [1.82, 2.24) is 15.2 Å². The van der Waals surface area contributed by atoms with Crippen molar-refractivity contribution in [3.05, 3.63) is 107 Å². The Kier molecular flexibility index (Phi) is 9.44. The first-order valence-corrected chi connectivity index (χ1v) is 14.7. The average Bonchev–Trinajstić information content (AvgIpc) is 3.24. The second-order valence-corrected chi connectivity index (χ2v) is 11.4. The number of benzene rings is 2. The number of pyridine rings is 1. The molecule has 1 atom stereocenters. The molecule has 0 radical (unpaired) electrons. The number of carbonyl (C=O) groups is 1. The van der Waals surface area contributed by atoms with Crippen molar-refractivity contribution in [1.29, 1.82) is 0 Å². The van der Waals surface area contributed by atoms with Gasteiger partial charge in [-0.1, -0.05) is 48.4 Å². The van der Waals surface area contributed by atoms with Gasteiger partial charge in [-0.3, -0.25) is 9.69 Å². The molecule has 4 nitrogen and oxygen atoms in total. The number of hydrogen-bond donors (Lipinski definition) is 1. The van der Waals surface area contributed by atoms with E-state index in [0.29, 0.717) is 11.3 Å². The maximum Gasteiger partial charge on any atom is 0.270 e. The number of piperidine rings is 1. The normalized spacial score (nSPS) is 18.4. The van der Waals surface area contributed by atoms with E-state index in [0.717, 1.165) is 76.2 Å². The van der Waals surface area contributed by atoms with Gasteiger partial charge in [0.15, 0.2) is 0 Å². The molecule has 5 rings (SSSR count). The van der Waals surface area contributed by atoms with Crippen LogP contribution in [0.5, 0.6) is 0 Å². The Hall–Kier alpha value is -3.89. The van der Waals surface area contributed by atoms with Gasteiger partial charge >= 0.3 is 0 Å². The van der Waals surface area contributed by atoms with Crippen LogP contribution in [-0.4, -0.2) is 34.9 Å². The molecular formula is C35H38F3N3O. The second-order valence-electron chi connectivity index (χ2n) is 11.4. The molecule has 1 amide bonds. The molecule has 2 aromatic carbocycles. The minimum atomic E-state index is -2.84. The van der Waals surface area contributed by atoms with E-state index in [4.69, 9.17) is 0 Å². The zero-order valence-electron chi connectivity index (χ0n) is 23.9. The van der Waals surface area contributed by atoms with E-state index in [1.54, 1.807) is 30.5 Å². The molecule has 0 spiro atoms. The molecule has 3 aromatic rings. The van der Waals surface area contributed by atoms with E-state index in [1.807, 2.05) is 12.1 Å². The molecule has 220 valence electrons. The van der Waals surface area contributed by atoms with Gasteiger partial charge in [0, 0.05) is 57.3 Å². The first-order chi connectivity index (χ1) is 20.2. The fourth-order valence-corrected chi connectivity index (χ4v) is 5.59. The lowest BCUT2D eigenvalue weighted by Gasteiger charge is -2.32. The zero-order valence-corrected chi connectivity index (χ0v) is 23.9. The molecule has 2 heterocycles. The van der Waals surface area contributed by atoms with E-state index in [2.05, 4.69) is 33.1 Å². The number of hydrogen-bond acceptors (Lipinski definition) is 3. The van der Waals surface area contributed by atoms with E-state index < -0.39 is 5.92 Å². The molecule has 2 aliphatic rings. The summed E-state index contributed by atoms with van der Waals surface area (Å²) >= 11 is 0. The molecule has 0 saturated carbocycles. The van der Waals surface area contributed by atoms with Crippen molar-refractivity contribution in [2.75, 3.05) is 13.1 Å². The Morgan fingerprint density at radius 3 is 2.50 bits per heavy atom. The quantitative estimate of drug-likeness (QED) is 0.309. The molecule has 0 bridgehead atoms. The number of carbonyl (C=O) groups excluding carboxylic acids is 1. The first-order valence-electron chi connectivity index (χ1n) is 14.7. The number of allylic oxidation sites excluding steroid dienone is 2. The van der Waals surface area contributed by atoms with Crippen LogP contribution in [0.4, 0.5) is 13.2 Å². The SMILES string of the molecule is CC(F)(F)c1ccc(C2=CCCC(C#Cc3cc(C(=O)NC4CCN(Cc5ccc(F)cc5)CC4)ccn3)CC2)cc1.[HH]. The number of rotatable bonds is 6. The molecule has 1 N–H and O–H groups in total. The van der Waals surface area contributed by atoms with Crippen molar-refractivity contribution in [3.8, 4) is 11.8 Å². The fourth-order valence-electron chi connectivity index (χ4n) is 5.59. The van der Waals surface area contributed by atoms with Crippen LogP contribution in [-0.2, 0) is 12.5 Å². The number of amides is 1. The third kappa shape index (κ3) is 8.10. The fraction of sp³-hybridized carbons (Fsp3) is 0.371. The van der Waals surface area contributed by atoms with Crippen LogP contribution in [0.2, 0.25) is 0 Å². The largest absolute Gasteiger partial charge is 0.349 e. The summed E-state index contributed by atoms with van der Waals surface area (Å²) < 4.78 is 40.3. The predicted octanol–water partition coefficient (Wildman–Crippen LogP) is 7.60. The molecule has 7 heteroatoms. The lowest BCUT2D eigenvalue weighted by atomic mass is 9.96. The van der Waals surface area contributed by atoms with E-state index in [1.165, 1.54) is 29.8 Å². The lowest BCUT2D eigenvalue weighted by Crippen LogP contribution is -2.44. The highest BCUT2D eigenvalue weighted by Gasteiger charge is 2.24. The summed E-state index contributed by atoms with van der Waals surface area (Å²) in [6.07, 6.45) is 9.04. The molecule has 1 aliphatic carbocycles. The lowest BCUT2D eigenvalue weighted by molar-refractivity contribution is 0.0174. The molecule has 1 unspecified atom stereocenters. The standard InChI is InChI=1S/C35H36F3N3O.H2/c1-35(37,38)30-12-10-28(11-13-30)27-4-2-3-25(5-9-27)8-16-33-23-29(17-20-39-33)34(42)40-32-18-21-41(22-19-32)24-26-6-14-31(36)15-7-26;/h4,6-7,10-15,17,20,23,25,32H,2-3,5,9,18-19,21-22,24H2,1H3,(H,40,42);1H. The van der Waals surface area contributed by atoms with Crippen molar-refractivity contribution < 1.29 is 19.4 Å². The van der Waals surface area contributed by atoms with Crippen LogP contribution < -0.4 is 5.32 Å². The summed E-state index contributed by atoms with van der Waals surface area (Å²) in [5.41, 5.74) is 4.39. The number of alkyl halides is 2. The van der Waals surface area contributed by atoms with E-state index in [-0.39, 0.29) is 30.7 Å². The Morgan fingerprint density at radius 1 is 1.05 bits per heavy atom. The average molecular weight is 574 g/mol. The molecule has 42 heavy (non-hydrogen) atoms. The van der Waals surface area contributed by atoms with Crippen molar-refractivity contribution in [2.24, 2.45) is 5.92 Å². The number of aromatic nitrogens is 1. The van der Waals surface area contributed by atoms with Gasteiger partial charge < -0.3 is 5.32 Å². The number of nitrogens with one attached hydrogen (secondary N) is 1. The van der Waals surface area contributed by atoms with Gasteiger partial charge in [-0.15, -0.1) is 0 Å². The number of nitrogens with zero attached hydrogens (tertiary/aromatic N) is 2. The predicted molar refractivity (Wildman–Crippen MR) is 161 cm³/mol. The maximum absolute atomic E-state index is 13.6. The van der Waals surface area contributed by atoms with Gasteiger partial charge in [-0.25, -0.2) is 18.2 Å². The van der Waals surface area contributed by atoms with Crippen LogP contribution in [0, 0.1) is 23.6 Å². The van der Waals surface area contributed by atoms with Crippen molar-refractivity contribution >= 4 is 11.5 Å². The summed E-state index contributed by atoms with van der Waals surface area (Å²) in [6, 6.07) is 16.7. The van der Waals surface area contributed by atoms with Crippen LogP contribution >= 0.6 is 0 Å². The summed E-state index contributed by atoms with van der Waals surface area (Å²) in [7, 11) is 0. The highest BCUT2D eigenvalue weighted by Crippen LogP contribution is 2.32. The zero-order chi connectivity index (χ0) is 29.5. The molecule has 1 aromatic heterocycles. The van der Waals surface area contributed by atoms with Gasteiger partial charge in [0.25, 0.3) is 11.8 Å². The highest BCUT2D eigenvalue weighted by molar-refractivity contribution is 5.94. The highest BCUT2D eigenvalue weighted by atomic mass is 19.3. The van der Waals surface area contributed by atoms with E-state index in [9.17, 15) is 18.0 Å². The maximum atomic E-state index is 13.6. The second kappa shape index (κ2) is 13.4. The molecule has 1 saturated heterocycles. The van der Waals surface area contributed by atoms with Crippen LogP contribution in [0.15, 0.2) is 72.9 Å². The summed E-state index contributed by atoms with van der Waals surface area (Å²) in [4.78, 5) is 19.7. The van der Waals surface area contributed by atoms with Crippen LogP contribution in [0.1, 0.15) is 79.6 Å². The summed E-state index contributed by atoms with van der Waals surface area (Å²) in [5, 5.41) is 3.16. The minimum Gasteiger partial charge on any atom is -0.349 e. The monoisotopic (exact) mass is 573 g/mol. The van der Waals surface area contributed by atoms with Crippen LogP contribution in [0.25, 0.3) is 5.57 Å². The van der Waals surface area contributed by atoms with Gasteiger partial charge in [0.1, 0.15) is 11.5 Å². The molecule has 1 fully saturated rings. The van der Waals surface area contributed by atoms with E-state index >= 15 is 0 Å². The minimum absolute atomic E-state index is 0. The summed E-state index contributed by atoms with van der Waals surface area (Å²) in [6.45, 7) is 3.43. The number of likely N-dealkylation sites (tertiary alicyclic amines) is 1. The van der Waals surface area contributed by atoms with Gasteiger partial charge in [-0.2, -0.15) is 0 Å². The Bertz CT molecular complexity index is 1470. The Labute approximate surface area is 247 Å². The van der Waals surface area contributed by atoms with Crippen molar-refractivity contribution in [3.63, 3.8) is 0 Å². The van der Waals surface area contributed by atoms with Gasteiger partial charge in [0.05, 0.1) is 0 Å². The third-order valence-electron chi connectivity index (χ3n) is 8.10. The number of halogens is 3. The Morgan fingerprint density at radius 2 is 1.79 bits per heavy atom. The topological polar surface area (TPSA) is 45.2 Å². The van der Waals surface area contributed by atoms with Crippen LogP contribution in [0.3, 0.4) is 0 Å². The summed E-state index contributed by atoms with van der Waals surface area (Å²) in [5.74, 6) is 3.53. The van der Waals surface area contributed by atoms with Gasteiger partial charge in [-0.05, 0) is 85.4 Å². The Balaban J connectivity index is 0.00000423.